The summed E-state index contributed by atoms with van der Waals surface area (Å²) >= 11 is 0. The van der Waals surface area contributed by atoms with Crippen LogP contribution in [0.15, 0.2) is 96.0 Å². The minimum absolute atomic E-state index is 0.0412. The van der Waals surface area contributed by atoms with Crippen molar-refractivity contribution in [2.24, 2.45) is 0 Å². The Balaban J connectivity index is 1.25. The van der Waals surface area contributed by atoms with Gasteiger partial charge in [-0.05, 0) is 53.6 Å². The summed E-state index contributed by atoms with van der Waals surface area (Å²) in [7, 11) is -4.09. The summed E-state index contributed by atoms with van der Waals surface area (Å²) in [6, 6.07) is 21.8. The number of aromatic nitrogens is 1. The number of pyridine rings is 1. The number of nitrogens with one attached hydrogen (secondary N) is 1. The summed E-state index contributed by atoms with van der Waals surface area (Å²) in [5, 5.41) is 3.52. The highest BCUT2D eigenvalue weighted by Crippen LogP contribution is 2.32. The van der Waals surface area contributed by atoms with Crippen LogP contribution in [0.4, 0.5) is 0 Å². The monoisotopic (exact) mass is 584 g/mol. The lowest BCUT2D eigenvalue weighted by Gasteiger charge is -2.39. The minimum Gasteiger partial charge on any atom is -0.454 e. The van der Waals surface area contributed by atoms with Crippen LogP contribution >= 0.6 is 0 Å². The highest BCUT2D eigenvalue weighted by Gasteiger charge is 2.41. The van der Waals surface area contributed by atoms with Crippen molar-refractivity contribution in [3.05, 3.63) is 102 Å². The van der Waals surface area contributed by atoms with E-state index in [0.717, 1.165) is 11.1 Å². The number of sulfonamides is 1. The Bertz CT molecular complexity index is 1780. The summed E-state index contributed by atoms with van der Waals surface area (Å²) in [5.41, 5.74) is 2.28. The second-order valence-electron chi connectivity index (χ2n) is 9.92. The summed E-state index contributed by atoms with van der Waals surface area (Å²) < 4.78 is 39.8. The van der Waals surface area contributed by atoms with Gasteiger partial charge in [-0.25, -0.2) is 8.42 Å². The van der Waals surface area contributed by atoms with E-state index in [4.69, 9.17) is 9.47 Å². The summed E-state index contributed by atoms with van der Waals surface area (Å²) in [6.07, 6.45) is 4.78. The van der Waals surface area contributed by atoms with E-state index in [2.05, 4.69) is 10.3 Å². The van der Waals surface area contributed by atoms with Gasteiger partial charge in [0, 0.05) is 43.8 Å². The average molecular weight is 585 g/mol. The van der Waals surface area contributed by atoms with Crippen LogP contribution in [-0.4, -0.2) is 66.9 Å². The van der Waals surface area contributed by atoms with Gasteiger partial charge in [-0.1, -0.05) is 42.5 Å². The van der Waals surface area contributed by atoms with Crippen LogP contribution in [0.2, 0.25) is 0 Å². The number of nitrogens with zero attached hydrogens (tertiary/aromatic N) is 3. The Morgan fingerprint density at radius 1 is 0.952 bits per heavy atom. The van der Waals surface area contributed by atoms with Gasteiger partial charge < -0.3 is 19.7 Å². The molecule has 2 aliphatic heterocycles. The topological polar surface area (TPSA) is 118 Å². The lowest BCUT2D eigenvalue weighted by Crippen LogP contribution is -2.61. The van der Waals surface area contributed by atoms with Crippen LogP contribution in [0.25, 0.3) is 17.0 Å². The smallest absolute Gasteiger partial charge is 0.246 e. The molecule has 0 spiro atoms. The summed E-state index contributed by atoms with van der Waals surface area (Å²) in [5.74, 6) is 0.388. The molecule has 1 unspecified atom stereocenters. The summed E-state index contributed by atoms with van der Waals surface area (Å²) in [4.78, 5) is 32.5. The molecule has 1 atom stereocenters. The van der Waals surface area contributed by atoms with Crippen molar-refractivity contribution in [1.82, 2.24) is 19.5 Å². The Morgan fingerprint density at radius 3 is 2.64 bits per heavy atom. The molecular weight excluding hydrogens is 556 g/mol. The standard InChI is InChI=1S/C31H28N4O6S/c36-30(13-9-22-5-2-1-3-6-22)34-15-16-35(42(38,39)25-10-11-26-24(18-25)7-4-14-32-26)27(20-34)31(37)33-19-23-8-12-28-29(17-23)41-21-40-28/h1-14,17-18,27H,15-16,19-21H2,(H,33,37)/b13-9+. The molecule has 1 aromatic heterocycles. The van der Waals surface area contributed by atoms with Crippen molar-refractivity contribution < 1.29 is 27.5 Å². The van der Waals surface area contributed by atoms with Crippen molar-refractivity contribution in [1.29, 1.82) is 0 Å². The van der Waals surface area contributed by atoms with Gasteiger partial charge in [0.15, 0.2) is 11.5 Å². The van der Waals surface area contributed by atoms with Crippen LogP contribution in [0.5, 0.6) is 11.5 Å². The normalized spacial score (nSPS) is 17.0. The zero-order chi connectivity index (χ0) is 29.1. The third-order valence-corrected chi connectivity index (χ3v) is 9.15. The quantitative estimate of drug-likeness (QED) is 0.332. The third-order valence-electron chi connectivity index (χ3n) is 7.25. The van der Waals surface area contributed by atoms with Gasteiger partial charge in [0.2, 0.25) is 28.6 Å². The second-order valence-corrected chi connectivity index (χ2v) is 11.8. The van der Waals surface area contributed by atoms with Crippen LogP contribution in [0.1, 0.15) is 11.1 Å². The largest absolute Gasteiger partial charge is 0.454 e. The molecule has 214 valence electrons. The fourth-order valence-corrected chi connectivity index (χ4v) is 6.62. The van der Waals surface area contributed by atoms with Crippen molar-refractivity contribution >= 4 is 38.8 Å². The first kappa shape index (κ1) is 27.4. The average Bonchev–Trinajstić information content (AvgIpc) is 3.50. The Kier molecular flexibility index (Phi) is 7.60. The molecular formula is C31H28N4O6S. The molecule has 0 aliphatic carbocycles. The number of carbonyl (C=O) groups is 2. The predicted octanol–water partition coefficient (Wildman–Crippen LogP) is 3.19. The molecule has 0 radical (unpaired) electrons. The molecule has 11 heteroatoms. The fraction of sp³-hybridized carbons (Fsp3) is 0.194. The molecule has 6 rings (SSSR count). The van der Waals surface area contributed by atoms with Crippen molar-refractivity contribution in [3.8, 4) is 11.5 Å². The third kappa shape index (κ3) is 5.69. The van der Waals surface area contributed by atoms with E-state index in [1.807, 2.05) is 30.3 Å². The number of hydrogen-bond donors (Lipinski definition) is 1. The van der Waals surface area contributed by atoms with Crippen LogP contribution in [0.3, 0.4) is 0 Å². The number of rotatable bonds is 7. The highest BCUT2D eigenvalue weighted by molar-refractivity contribution is 7.89. The second kappa shape index (κ2) is 11.6. The fourth-order valence-electron chi connectivity index (χ4n) is 5.01. The van der Waals surface area contributed by atoms with Crippen LogP contribution < -0.4 is 14.8 Å². The molecule has 1 fully saturated rings. The first-order chi connectivity index (χ1) is 20.4. The van der Waals surface area contributed by atoms with Gasteiger partial charge >= 0.3 is 0 Å². The lowest BCUT2D eigenvalue weighted by molar-refractivity contribution is -0.132. The number of ether oxygens (including phenoxy) is 2. The predicted molar refractivity (Wildman–Crippen MR) is 156 cm³/mol. The number of carbonyl (C=O) groups excluding carboxylic acids is 2. The molecule has 3 aromatic carbocycles. The zero-order valence-electron chi connectivity index (χ0n) is 22.5. The first-order valence-corrected chi connectivity index (χ1v) is 14.9. The molecule has 4 aromatic rings. The van der Waals surface area contributed by atoms with Gasteiger partial charge in [0.25, 0.3) is 0 Å². The van der Waals surface area contributed by atoms with E-state index < -0.39 is 22.0 Å². The maximum absolute atomic E-state index is 13.9. The van der Waals surface area contributed by atoms with E-state index in [-0.39, 0.29) is 43.8 Å². The van der Waals surface area contributed by atoms with Gasteiger partial charge in [-0.15, -0.1) is 0 Å². The van der Waals surface area contributed by atoms with E-state index in [0.29, 0.717) is 22.4 Å². The van der Waals surface area contributed by atoms with Crippen molar-refractivity contribution in [2.45, 2.75) is 17.5 Å². The molecule has 2 amide bonds. The van der Waals surface area contributed by atoms with E-state index >= 15 is 0 Å². The van der Waals surface area contributed by atoms with Gasteiger partial charge in [0.1, 0.15) is 6.04 Å². The maximum Gasteiger partial charge on any atom is 0.246 e. The van der Waals surface area contributed by atoms with E-state index in [1.54, 1.807) is 54.7 Å². The van der Waals surface area contributed by atoms with Crippen LogP contribution in [-0.2, 0) is 26.2 Å². The molecule has 0 saturated carbocycles. The van der Waals surface area contributed by atoms with Crippen molar-refractivity contribution in [3.63, 3.8) is 0 Å². The lowest BCUT2D eigenvalue weighted by atomic mass is 10.1. The van der Waals surface area contributed by atoms with E-state index in [1.165, 1.54) is 21.3 Å². The van der Waals surface area contributed by atoms with E-state index in [9.17, 15) is 18.0 Å². The molecule has 42 heavy (non-hydrogen) atoms. The Morgan fingerprint density at radius 2 is 1.79 bits per heavy atom. The highest BCUT2D eigenvalue weighted by atomic mass is 32.2. The molecule has 10 nitrogen and oxygen atoms in total. The molecule has 0 bridgehead atoms. The zero-order valence-corrected chi connectivity index (χ0v) is 23.4. The molecule has 1 saturated heterocycles. The Hall–Kier alpha value is -4.74. The molecule has 3 heterocycles. The number of hydrogen-bond acceptors (Lipinski definition) is 7. The SMILES string of the molecule is O=C(NCc1ccc2c(c1)OCO2)C1CN(C(=O)/C=C/c2ccccc2)CCN1S(=O)(=O)c1ccc2ncccc2c1. The number of benzene rings is 3. The number of amides is 2. The number of fused-ring (bicyclic) bond motifs is 2. The molecule has 1 N–H and O–H groups in total. The Labute approximate surface area is 243 Å². The van der Waals surface area contributed by atoms with Gasteiger partial charge in [-0.2, -0.15) is 4.31 Å². The molecule has 2 aliphatic rings. The number of piperazine rings is 1. The van der Waals surface area contributed by atoms with Crippen molar-refractivity contribution in [2.75, 3.05) is 26.4 Å². The minimum atomic E-state index is -4.09. The van der Waals surface area contributed by atoms with Crippen LogP contribution in [0, 0.1) is 0 Å². The first-order valence-electron chi connectivity index (χ1n) is 13.4. The van der Waals surface area contributed by atoms with Gasteiger partial charge in [0.05, 0.1) is 10.4 Å². The maximum atomic E-state index is 13.9. The van der Waals surface area contributed by atoms with Gasteiger partial charge in [-0.3, -0.25) is 14.6 Å². The summed E-state index contributed by atoms with van der Waals surface area (Å²) in [6.45, 7) is 0.273.